The number of esters is 1. The number of carbonyl (C=O) groups excluding carboxylic acids is 2. The van der Waals surface area contributed by atoms with Crippen molar-refractivity contribution in [2.24, 2.45) is 5.14 Å². The van der Waals surface area contributed by atoms with Crippen LogP contribution in [0.4, 0.5) is 5.69 Å². The van der Waals surface area contributed by atoms with Gasteiger partial charge in [0.05, 0.1) is 15.5 Å². The van der Waals surface area contributed by atoms with Crippen molar-refractivity contribution in [2.45, 2.75) is 18.2 Å². The second-order valence-corrected chi connectivity index (χ2v) is 7.29. The van der Waals surface area contributed by atoms with Crippen molar-refractivity contribution in [1.29, 1.82) is 0 Å². The van der Waals surface area contributed by atoms with E-state index in [2.05, 4.69) is 5.32 Å². The molecule has 0 saturated heterocycles. The van der Waals surface area contributed by atoms with Crippen molar-refractivity contribution < 1.29 is 22.7 Å². The van der Waals surface area contributed by atoms with Gasteiger partial charge in [0, 0.05) is 5.69 Å². The molecule has 0 heterocycles. The number of nitrogens with two attached hydrogens (primary N) is 1. The summed E-state index contributed by atoms with van der Waals surface area (Å²) in [5, 5.41) is 7.66. The number of rotatable bonds is 6. The summed E-state index contributed by atoms with van der Waals surface area (Å²) >= 11 is 5.89. The largest absolute Gasteiger partial charge is 0.452 e. The van der Waals surface area contributed by atoms with Gasteiger partial charge >= 0.3 is 5.97 Å². The number of hydrogen-bond acceptors (Lipinski definition) is 5. The van der Waals surface area contributed by atoms with Crippen molar-refractivity contribution in [1.82, 2.24) is 0 Å². The van der Waals surface area contributed by atoms with Crippen LogP contribution in [0.3, 0.4) is 0 Å². The van der Waals surface area contributed by atoms with Crippen molar-refractivity contribution >= 4 is 39.2 Å². The molecule has 9 heteroatoms. The lowest BCUT2D eigenvalue weighted by molar-refractivity contribution is -0.119. The van der Waals surface area contributed by atoms with E-state index in [1.54, 1.807) is 12.1 Å². The van der Waals surface area contributed by atoms with Gasteiger partial charge in [-0.2, -0.15) is 0 Å². The Hall–Kier alpha value is -2.42. The zero-order chi connectivity index (χ0) is 19.3. The topological polar surface area (TPSA) is 116 Å². The predicted molar refractivity (Wildman–Crippen MR) is 97.6 cm³/mol. The quantitative estimate of drug-likeness (QED) is 0.727. The highest BCUT2D eigenvalue weighted by Gasteiger charge is 2.18. The van der Waals surface area contributed by atoms with Crippen LogP contribution >= 0.6 is 11.6 Å². The Balaban J connectivity index is 2.06. The van der Waals surface area contributed by atoms with Crippen LogP contribution in [0, 0.1) is 0 Å². The normalized spacial score (nSPS) is 11.0. The molecule has 2 rings (SSSR count). The fraction of sp³-hybridized carbons (Fsp3) is 0.176. The second-order valence-electron chi connectivity index (χ2n) is 5.32. The first kappa shape index (κ1) is 19.9. The molecule has 0 radical (unpaired) electrons. The second kappa shape index (κ2) is 8.31. The maximum absolute atomic E-state index is 12.1. The van der Waals surface area contributed by atoms with Gasteiger partial charge in [0.15, 0.2) is 6.61 Å². The molecular formula is C17H17ClN2O5S. The minimum absolute atomic E-state index is 0.0147. The SMILES string of the molecule is CCc1ccccc1NC(=O)COC(=O)c1cc(S(N)(=O)=O)ccc1Cl. The molecule has 0 atom stereocenters. The number of benzene rings is 2. The third-order valence-electron chi connectivity index (χ3n) is 3.49. The Labute approximate surface area is 156 Å². The minimum Gasteiger partial charge on any atom is -0.452 e. The molecule has 0 spiro atoms. The van der Waals surface area contributed by atoms with E-state index in [1.165, 1.54) is 12.1 Å². The summed E-state index contributed by atoms with van der Waals surface area (Å²) in [5.74, 6) is -1.46. The fourth-order valence-corrected chi connectivity index (χ4v) is 2.92. The number of halogens is 1. The highest BCUT2D eigenvalue weighted by Crippen LogP contribution is 2.21. The monoisotopic (exact) mass is 396 g/mol. The molecule has 0 bridgehead atoms. The summed E-state index contributed by atoms with van der Waals surface area (Å²) in [5.41, 5.74) is 1.38. The van der Waals surface area contributed by atoms with Crippen molar-refractivity contribution in [3.8, 4) is 0 Å². The van der Waals surface area contributed by atoms with E-state index in [1.807, 2.05) is 19.1 Å². The van der Waals surface area contributed by atoms with Crippen LogP contribution in [0.15, 0.2) is 47.4 Å². The number of hydrogen-bond donors (Lipinski definition) is 2. The number of primary sulfonamides is 1. The summed E-state index contributed by atoms with van der Waals surface area (Å²) < 4.78 is 27.6. The van der Waals surface area contributed by atoms with E-state index in [-0.39, 0.29) is 15.5 Å². The number of aryl methyl sites for hydroxylation is 1. The summed E-state index contributed by atoms with van der Waals surface area (Å²) in [6.45, 7) is 1.40. The van der Waals surface area contributed by atoms with Gasteiger partial charge in [-0.15, -0.1) is 0 Å². The number of anilines is 1. The lowest BCUT2D eigenvalue weighted by Crippen LogP contribution is -2.22. The third kappa shape index (κ3) is 5.04. The standard InChI is InChI=1S/C17H17ClN2O5S/c1-2-11-5-3-4-6-15(11)20-16(21)10-25-17(22)13-9-12(26(19,23)24)7-8-14(13)18/h3-9H,2,10H2,1H3,(H,20,21)(H2,19,23,24). The van der Waals surface area contributed by atoms with E-state index in [0.717, 1.165) is 18.1 Å². The van der Waals surface area contributed by atoms with Gasteiger partial charge in [0.2, 0.25) is 10.0 Å². The fourth-order valence-electron chi connectivity index (χ4n) is 2.18. The molecule has 0 aromatic heterocycles. The molecule has 0 saturated carbocycles. The van der Waals surface area contributed by atoms with Crippen LogP contribution in [0.25, 0.3) is 0 Å². The summed E-state index contributed by atoms with van der Waals surface area (Å²) in [4.78, 5) is 23.8. The van der Waals surface area contributed by atoms with Crippen molar-refractivity contribution in [3.63, 3.8) is 0 Å². The molecule has 1 amide bonds. The van der Waals surface area contributed by atoms with Gasteiger partial charge in [-0.25, -0.2) is 18.4 Å². The average Bonchev–Trinajstić information content (AvgIpc) is 2.59. The molecule has 26 heavy (non-hydrogen) atoms. The molecule has 0 fully saturated rings. The molecule has 0 unspecified atom stereocenters. The number of carbonyl (C=O) groups is 2. The summed E-state index contributed by atoms with van der Waals surface area (Å²) in [7, 11) is -4.00. The number of amides is 1. The van der Waals surface area contributed by atoms with Crippen LogP contribution in [0.2, 0.25) is 5.02 Å². The minimum atomic E-state index is -4.00. The molecule has 7 nitrogen and oxygen atoms in total. The molecule has 0 aliphatic heterocycles. The van der Waals surface area contributed by atoms with Crippen LogP contribution in [0.5, 0.6) is 0 Å². The first-order valence-electron chi connectivity index (χ1n) is 7.59. The number of nitrogens with one attached hydrogen (secondary N) is 1. The molecule has 3 N–H and O–H groups in total. The molecular weight excluding hydrogens is 380 g/mol. The third-order valence-corrected chi connectivity index (χ3v) is 4.73. The van der Waals surface area contributed by atoms with Crippen molar-refractivity contribution in [3.05, 3.63) is 58.6 Å². The lowest BCUT2D eigenvalue weighted by Gasteiger charge is -2.10. The number of ether oxygens (including phenoxy) is 1. The van der Waals surface area contributed by atoms with Crippen LogP contribution in [-0.2, 0) is 26.0 Å². The Bertz CT molecular complexity index is 944. The molecule has 0 aliphatic rings. The molecule has 2 aromatic rings. The maximum atomic E-state index is 12.1. The van der Waals surface area contributed by atoms with Gasteiger partial charge in [0.25, 0.3) is 5.91 Å². The first-order chi connectivity index (χ1) is 12.2. The van der Waals surface area contributed by atoms with E-state index < -0.39 is 28.5 Å². The number of sulfonamides is 1. The maximum Gasteiger partial charge on any atom is 0.340 e. The highest BCUT2D eigenvalue weighted by molar-refractivity contribution is 7.89. The summed E-state index contributed by atoms with van der Waals surface area (Å²) in [6.07, 6.45) is 0.728. The Morgan fingerprint density at radius 1 is 1.19 bits per heavy atom. The Morgan fingerprint density at radius 3 is 2.54 bits per heavy atom. The first-order valence-corrected chi connectivity index (χ1v) is 9.52. The Morgan fingerprint density at radius 2 is 1.88 bits per heavy atom. The van der Waals surface area contributed by atoms with E-state index in [0.29, 0.717) is 5.69 Å². The zero-order valence-electron chi connectivity index (χ0n) is 13.9. The van der Waals surface area contributed by atoms with Crippen LogP contribution in [-0.4, -0.2) is 26.9 Å². The molecule has 138 valence electrons. The van der Waals surface area contributed by atoms with E-state index in [9.17, 15) is 18.0 Å². The molecule has 2 aromatic carbocycles. The lowest BCUT2D eigenvalue weighted by atomic mass is 10.1. The Kier molecular flexibility index (Phi) is 6.36. The average molecular weight is 397 g/mol. The molecule has 0 aliphatic carbocycles. The smallest absolute Gasteiger partial charge is 0.340 e. The van der Waals surface area contributed by atoms with Gasteiger partial charge in [-0.1, -0.05) is 36.7 Å². The predicted octanol–water partition coefficient (Wildman–Crippen LogP) is 2.35. The van der Waals surface area contributed by atoms with Gasteiger partial charge in [-0.05, 0) is 36.2 Å². The van der Waals surface area contributed by atoms with Gasteiger partial charge < -0.3 is 10.1 Å². The van der Waals surface area contributed by atoms with Crippen LogP contribution < -0.4 is 10.5 Å². The summed E-state index contributed by atoms with van der Waals surface area (Å²) in [6, 6.07) is 10.6. The highest BCUT2D eigenvalue weighted by atomic mass is 35.5. The van der Waals surface area contributed by atoms with Crippen LogP contribution in [0.1, 0.15) is 22.8 Å². The van der Waals surface area contributed by atoms with Gasteiger partial charge in [0.1, 0.15) is 0 Å². The van der Waals surface area contributed by atoms with Crippen molar-refractivity contribution in [2.75, 3.05) is 11.9 Å². The van der Waals surface area contributed by atoms with Gasteiger partial charge in [-0.3, -0.25) is 4.79 Å². The number of para-hydroxylation sites is 1. The van der Waals surface area contributed by atoms with E-state index >= 15 is 0 Å². The van der Waals surface area contributed by atoms with E-state index in [4.69, 9.17) is 21.5 Å². The zero-order valence-corrected chi connectivity index (χ0v) is 15.4.